The van der Waals surface area contributed by atoms with Crippen molar-refractivity contribution in [3.05, 3.63) is 39.7 Å². The number of hydrogen-bond acceptors (Lipinski definition) is 6. The number of aliphatic hydroxyl groups is 1. The van der Waals surface area contributed by atoms with Crippen LogP contribution in [0.2, 0.25) is 0 Å². The predicted octanol–water partition coefficient (Wildman–Crippen LogP) is 2.49. The monoisotopic (exact) mass is 428 g/mol. The molecule has 0 bridgehead atoms. The summed E-state index contributed by atoms with van der Waals surface area (Å²) in [6, 6.07) is 5.17. The average molecular weight is 429 g/mol. The number of benzene rings is 1. The largest absolute Gasteiger partial charge is 0.483 e. The Morgan fingerprint density at radius 1 is 1.16 bits per heavy atom. The molecule has 1 N–H and O–H groups in total. The minimum Gasteiger partial charge on any atom is -0.483 e. The first kappa shape index (κ1) is 21.8. The normalized spacial score (nSPS) is 19.1. The summed E-state index contributed by atoms with van der Waals surface area (Å²) < 4.78 is 11.3. The van der Waals surface area contributed by atoms with Crippen LogP contribution in [0.4, 0.5) is 0 Å². The Bertz CT molecular complexity index is 1000. The first-order chi connectivity index (χ1) is 14.9. The number of aryl methyl sites for hydroxylation is 2. The Labute approximate surface area is 182 Å². The molecule has 3 heterocycles. The predicted molar refractivity (Wildman–Crippen MR) is 119 cm³/mol. The number of amides is 1. The second kappa shape index (κ2) is 9.01. The molecule has 0 aliphatic carbocycles. The van der Waals surface area contributed by atoms with E-state index < -0.39 is 5.60 Å². The maximum Gasteiger partial charge on any atom is 0.336 e. The molecule has 1 amide bonds. The molecule has 4 rings (SSSR count). The lowest BCUT2D eigenvalue weighted by molar-refractivity contribution is -0.138. The Balaban J connectivity index is 1.40. The highest BCUT2D eigenvalue weighted by atomic mass is 16.5. The van der Waals surface area contributed by atoms with Crippen LogP contribution in [0.1, 0.15) is 43.7 Å². The molecule has 0 spiro atoms. The van der Waals surface area contributed by atoms with Crippen molar-refractivity contribution in [3.8, 4) is 5.75 Å². The Morgan fingerprint density at radius 3 is 2.55 bits per heavy atom. The lowest BCUT2D eigenvalue weighted by atomic mass is 9.91. The second-order valence-corrected chi connectivity index (χ2v) is 8.96. The maximum absolute atomic E-state index is 12.8. The summed E-state index contributed by atoms with van der Waals surface area (Å²) in [5.41, 5.74) is 1.14. The minimum absolute atomic E-state index is 0.0780. The van der Waals surface area contributed by atoms with Gasteiger partial charge in [-0.1, -0.05) is 6.92 Å². The molecule has 1 aromatic carbocycles. The van der Waals surface area contributed by atoms with Gasteiger partial charge in [0.15, 0.2) is 6.61 Å². The molecular weight excluding hydrogens is 396 g/mol. The van der Waals surface area contributed by atoms with Gasteiger partial charge in [0.05, 0.1) is 11.0 Å². The van der Waals surface area contributed by atoms with Gasteiger partial charge in [-0.25, -0.2) is 4.79 Å². The number of fused-ring (bicyclic) bond motifs is 1. The molecule has 7 nitrogen and oxygen atoms in total. The van der Waals surface area contributed by atoms with E-state index >= 15 is 0 Å². The number of β-amino-alcohol motifs (C(OH)–C–C–N with tert-alkyl or cyclic N) is 1. The molecule has 0 radical (unpaired) electrons. The third-order valence-electron chi connectivity index (χ3n) is 6.53. The van der Waals surface area contributed by atoms with Gasteiger partial charge in [0.2, 0.25) is 0 Å². The molecule has 2 aliphatic rings. The Morgan fingerprint density at radius 2 is 1.87 bits per heavy atom. The fourth-order valence-electron chi connectivity index (χ4n) is 4.78. The molecule has 0 unspecified atom stereocenters. The molecule has 168 valence electrons. The van der Waals surface area contributed by atoms with Crippen molar-refractivity contribution >= 4 is 16.9 Å². The standard InChI is InChI=1S/C24H32N2O5/c1-3-18-14-22(28)31-20-13-17(2)12-19(23(18)20)30-15-21(27)26-10-6-24(29,7-11-26)16-25-8-4-5-9-25/h12-14,29H,3-11,15-16H2,1-2H3. The van der Waals surface area contributed by atoms with Gasteiger partial charge in [-0.2, -0.15) is 0 Å². The SMILES string of the molecule is CCc1cc(=O)oc2cc(C)cc(OCC(=O)N3CCC(O)(CN4CCCC4)CC3)c12. The number of carbonyl (C=O) groups is 1. The topological polar surface area (TPSA) is 83.2 Å². The maximum atomic E-state index is 12.8. The highest BCUT2D eigenvalue weighted by molar-refractivity contribution is 5.88. The van der Waals surface area contributed by atoms with Gasteiger partial charge in [-0.15, -0.1) is 0 Å². The van der Waals surface area contributed by atoms with Crippen molar-refractivity contribution in [2.24, 2.45) is 0 Å². The summed E-state index contributed by atoms with van der Waals surface area (Å²) in [4.78, 5) is 28.7. The van der Waals surface area contributed by atoms with Crippen LogP contribution in [0.25, 0.3) is 11.0 Å². The van der Waals surface area contributed by atoms with Crippen LogP contribution in [0.15, 0.2) is 27.4 Å². The number of piperidine rings is 1. The first-order valence-corrected chi connectivity index (χ1v) is 11.3. The van der Waals surface area contributed by atoms with Crippen LogP contribution in [0.5, 0.6) is 5.75 Å². The van der Waals surface area contributed by atoms with Crippen LogP contribution in [0, 0.1) is 6.92 Å². The van der Waals surface area contributed by atoms with Crippen molar-refractivity contribution in [2.75, 3.05) is 39.3 Å². The van der Waals surface area contributed by atoms with Crippen LogP contribution in [0.3, 0.4) is 0 Å². The van der Waals surface area contributed by atoms with Crippen molar-refractivity contribution in [3.63, 3.8) is 0 Å². The van der Waals surface area contributed by atoms with Gasteiger partial charge < -0.3 is 24.1 Å². The number of ether oxygens (including phenoxy) is 1. The van der Waals surface area contributed by atoms with Gasteiger partial charge in [0, 0.05) is 25.7 Å². The average Bonchev–Trinajstić information content (AvgIpc) is 3.23. The highest BCUT2D eigenvalue weighted by Crippen LogP contribution is 2.30. The molecule has 1 aromatic heterocycles. The first-order valence-electron chi connectivity index (χ1n) is 11.3. The number of nitrogens with zero attached hydrogens (tertiary/aromatic N) is 2. The van der Waals surface area contributed by atoms with Crippen LogP contribution in [-0.4, -0.2) is 65.7 Å². The molecule has 31 heavy (non-hydrogen) atoms. The summed E-state index contributed by atoms with van der Waals surface area (Å²) in [5.74, 6) is 0.472. The molecule has 0 saturated carbocycles. The van der Waals surface area contributed by atoms with Gasteiger partial charge in [0.1, 0.15) is 11.3 Å². The summed E-state index contributed by atoms with van der Waals surface area (Å²) in [6.45, 7) is 7.69. The van der Waals surface area contributed by atoms with Crippen molar-refractivity contribution in [1.29, 1.82) is 0 Å². The van der Waals surface area contributed by atoms with Crippen molar-refractivity contribution < 1.29 is 19.1 Å². The third kappa shape index (κ3) is 4.93. The molecule has 7 heteroatoms. The quantitative estimate of drug-likeness (QED) is 0.712. The zero-order valence-corrected chi connectivity index (χ0v) is 18.5. The minimum atomic E-state index is -0.706. The van der Waals surface area contributed by atoms with Gasteiger partial charge >= 0.3 is 5.63 Å². The van der Waals surface area contributed by atoms with Crippen molar-refractivity contribution in [2.45, 2.75) is 51.6 Å². The zero-order valence-electron chi connectivity index (χ0n) is 18.5. The van der Waals surface area contributed by atoms with Gasteiger partial charge in [0.25, 0.3) is 5.91 Å². The molecular formula is C24H32N2O5. The number of rotatable bonds is 6. The lowest BCUT2D eigenvalue weighted by Crippen LogP contribution is -2.52. The van der Waals surface area contributed by atoms with E-state index in [2.05, 4.69) is 4.90 Å². The van der Waals surface area contributed by atoms with Crippen LogP contribution in [-0.2, 0) is 11.2 Å². The fourth-order valence-corrected chi connectivity index (χ4v) is 4.78. The number of carbonyl (C=O) groups excluding carboxylic acids is 1. The van der Waals surface area contributed by atoms with Crippen LogP contribution >= 0.6 is 0 Å². The van der Waals surface area contributed by atoms with E-state index in [1.807, 2.05) is 26.0 Å². The highest BCUT2D eigenvalue weighted by Gasteiger charge is 2.36. The van der Waals surface area contributed by atoms with E-state index in [1.165, 1.54) is 18.9 Å². The Hall–Kier alpha value is -2.38. The molecule has 2 aromatic rings. The molecule has 2 aliphatic heterocycles. The lowest BCUT2D eigenvalue weighted by Gasteiger charge is -2.40. The fraction of sp³-hybridized carbons (Fsp3) is 0.583. The van der Waals surface area contributed by atoms with E-state index in [1.54, 1.807) is 4.90 Å². The van der Waals surface area contributed by atoms with E-state index in [0.717, 1.165) is 29.6 Å². The van der Waals surface area contributed by atoms with E-state index in [4.69, 9.17) is 9.15 Å². The molecule has 2 saturated heterocycles. The summed E-state index contributed by atoms with van der Waals surface area (Å²) in [5, 5.41) is 11.7. The summed E-state index contributed by atoms with van der Waals surface area (Å²) in [6.07, 6.45) is 4.25. The van der Waals surface area contributed by atoms with Gasteiger partial charge in [-0.05, 0) is 75.4 Å². The summed E-state index contributed by atoms with van der Waals surface area (Å²) in [7, 11) is 0. The zero-order chi connectivity index (χ0) is 22.0. The van der Waals surface area contributed by atoms with E-state index in [-0.39, 0.29) is 18.1 Å². The van der Waals surface area contributed by atoms with E-state index in [0.29, 0.717) is 50.2 Å². The van der Waals surface area contributed by atoms with E-state index in [9.17, 15) is 14.7 Å². The second-order valence-electron chi connectivity index (χ2n) is 8.96. The number of likely N-dealkylation sites (tertiary alicyclic amines) is 2. The third-order valence-corrected chi connectivity index (χ3v) is 6.53. The summed E-state index contributed by atoms with van der Waals surface area (Å²) >= 11 is 0. The van der Waals surface area contributed by atoms with Gasteiger partial charge in [-0.3, -0.25) is 4.79 Å². The molecule has 0 atom stereocenters. The molecule has 2 fully saturated rings. The van der Waals surface area contributed by atoms with Crippen LogP contribution < -0.4 is 10.4 Å². The smallest absolute Gasteiger partial charge is 0.336 e. The Kier molecular flexibility index (Phi) is 6.34. The number of hydrogen-bond donors (Lipinski definition) is 1. The van der Waals surface area contributed by atoms with Crippen molar-refractivity contribution in [1.82, 2.24) is 9.80 Å².